The predicted octanol–water partition coefficient (Wildman–Crippen LogP) is 0.875. The van der Waals surface area contributed by atoms with Gasteiger partial charge in [0.2, 0.25) is 0 Å². The standard InChI is InChI=1S/C14H20N6O2S.ClH/c15-23(21,22)20-8-4-14(9-20)2-6-19(7-3-14)13-11-1-5-16-12(11)17-10-18-13;/h1,5,10H,2-4,6-9H2,(H2,15,21,22)(H,16,17,18);1H. The Hall–Kier alpha value is -1.42. The van der Waals surface area contributed by atoms with Crippen LogP contribution in [-0.2, 0) is 10.2 Å². The Morgan fingerprint density at radius 1 is 1.17 bits per heavy atom. The minimum absolute atomic E-state index is 0. The topological polar surface area (TPSA) is 108 Å². The normalized spacial score (nSPS) is 21.3. The summed E-state index contributed by atoms with van der Waals surface area (Å²) >= 11 is 0. The molecular formula is C14H21ClN6O2S. The van der Waals surface area contributed by atoms with Crippen LogP contribution in [0.4, 0.5) is 5.82 Å². The van der Waals surface area contributed by atoms with Crippen molar-refractivity contribution in [1.29, 1.82) is 0 Å². The van der Waals surface area contributed by atoms with E-state index in [9.17, 15) is 8.42 Å². The summed E-state index contributed by atoms with van der Waals surface area (Å²) in [6.07, 6.45) is 6.25. The molecule has 2 saturated heterocycles. The molecule has 4 rings (SSSR count). The highest BCUT2D eigenvalue weighted by Crippen LogP contribution is 2.42. The number of nitrogens with two attached hydrogens (primary N) is 1. The van der Waals surface area contributed by atoms with Gasteiger partial charge >= 0.3 is 0 Å². The Morgan fingerprint density at radius 3 is 2.54 bits per heavy atom. The third kappa shape index (κ3) is 2.97. The molecule has 10 heteroatoms. The first kappa shape index (κ1) is 17.4. The van der Waals surface area contributed by atoms with Gasteiger partial charge in [-0.3, -0.25) is 0 Å². The smallest absolute Gasteiger partial charge is 0.276 e. The average molecular weight is 373 g/mol. The van der Waals surface area contributed by atoms with E-state index in [0.717, 1.165) is 49.2 Å². The fourth-order valence-electron chi connectivity index (χ4n) is 3.82. The van der Waals surface area contributed by atoms with Crippen molar-refractivity contribution in [3.63, 3.8) is 0 Å². The molecule has 0 bridgehead atoms. The second kappa shape index (κ2) is 6.14. The zero-order chi connectivity index (χ0) is 16.1. The molecule has 1 spiro atoms. The molecule has 2 aliphatic rings. The Kier molecular flexibility index (Phi) is 4.45. The maximum absolute atomic E-state index is 11.5. The molecule has 2 aliphatic heterocycles. The summed E-state index contributed by atoms with van der Waals surface area (Å²) < 4.78 is 24.5. The van der Waals surface area contributed by atoms with Gasteiger partial charge in [0.1, 0.15) is 17.8 Å². The van der Waals surface area contributed by atoms with Crippen molar-refractivity contribution in [1.82, 2.24) is 19.3 Å². The third-order valence-corrected chi connectivity index (χ3v) is 6.25. The fraction of sp³-hybridized carbons (Fsp3) is 0.571. The number of piperidine rings is 1. The molecule has 132 valence electrons. The van der Waals surface area contributed by atoms with Gasteiger partial charge in [-0.2, -0.15) is 12.7 Å². The quantitative estimate of drug-likeness (QED) is 0.813. The fourth-order valence-corrected chi connectivity index (χ4v) is 4.62. The molecule has 2 aromatic heterocycles. The molecule has 0 unspecified atom stereocenters. The highest BCUT2D eigenvalue weighted by Gasteiger charge is 2.43. The van der Waals surface area contributed by atoms with Gasteiger partial charge in [0.05, 0.1) is 5.39 Å². The van der Waals surface area contributed by atoms with E-state index < -0.39 is 10.2 Å². The van der Waals surface area contributed by atoms with E-state index in [1.165, 1.54) is 4.31 Å². The molecule has 24 heavy (non-hydrogen) atoms. The number of rotatable bonds is 2. The van der Waals surface area contributed by atoms with Crippen LogP contribution in [0.1, 0.15) is 19.3 Å². The Bertz CT molecular complexity index is 831. The van der Waals surface area contributed by atoms with Crippen LogP contribution in [0, 0.1) is 5.41 Å². The minimum atomic E-state index is -3.57. The number of aromatic amines is 1. The zero-order valence-electron chi connectivity index (χ0n) is 13.2. The van der Waals surface area contributed by atoms with Crippen LogP contribution in [0.2, 0.25) is 0 Å². The molecule has 2 aromatic rings. The van der Waals surface area contributed by atoms with Gasteiger partial charge in [-0.25, -0.2) is 15.1 Å². The van der Waals surface area contributed by atoms with Crippen molar-refractivity contribution >= 4 is 39.5 Å². The maximum Gasteiger partial charge on any atom is 0.276 e. The van der Waals surface area contributed by atoms with E-state index in [1.54, 1.807) is 6.33 Å². The van der Waals surface area contributed by atoms with Gasteiger partial charge in [-0.15, -0.1) is 12.4 Å². The van der Waals surface area contributed by atoms with E-state index in [0.29, 0.717) is 13.1 Å². The van der Waals surface area contributed by atoms with E-state index >= 15 is 0 Å². The largest absolute Gasteiger partial charge is 0.356 e. The Morgan fingerprint density at radius 2 is 1.88 bits per heavy atom. The summed E-state index contributed by atoms with van der Waals surface area (Å²) in [6.45, 7) is 2.82. The zero-order valence-corrected chi connectivity index (χ0v) is 14.8. The van der Waals surface area contributed by atoms with Gasteiger partial charge < -0.3 is 9.88 Å². The Balaban J connectivity index is 0.00000169. The molecule has 8 nitrogen and oxygen atoms in total. The summed E-state index contributed by atoms with van der Waals surface area (Å²) in [5.74, 6) is 0.951. The van der Waals surface area contributed by atoms with Gasteiger partial charge in [0.25, 0.3) is 10.2 Å². The van der Waals surface area contributed by atoms with Crippen LogP contribution < -0.4 is 10.0 Å². The van der Waals surface area contributed by atoms with Crippen molar-refractivity contribution in [3.8, 4) is 0 Å². The lowest BCUT2D eigenvalue weighted by molar-refractivity contribution is 0.234. The van der Waals surface area contributed by atoms with E-state index in [4.69, 9.17) is 5.14 Å². The van der Waals surface area contributed by atoms with Gasteiger partial charge in [-0.05, 0) is 30.7 Å². The Labute approximate surface area is 147 Å². The van der Waals surface area contributed by atoms with E-state index in [1.807, 2.05) is 12.3 Å². The number of anilines is 1. The van der Waals surface area contributed by atoms with Crippen molar-refractivity contribution in [3.05, 3.63) is 18.6 Å². The molecule has 0 atom stereocenters. The molecule has 3 N–H and O–H groups in total. The number of nitrogens with zero attached hydrogens (tertiary/aromatic N) is 4. The maximum atomic E-state index is 11.5. The number of hydrogen-bond acceptors (Lipinski definition) is 5. The number of halogens is 1. The molecule has 0 radical (unpaired) electrons. The van der Waals surface area contributed by atoms with E-state index in [-0.39, 0.29) is 17.8 Å². The predicted molar refractivity (Wildman–Crippen MR) is 94.3 cm³/mol. The van der Waals surface area contributed by atoms with Crippen LogP contribution >= 0.6 is 12.4 Å². The number of fused-ring (bicyclic) bond motifs is 1. The first-order valence-corrected chi connectivity index (χ1v) is 9.28. The number of nitrogens with one attached hydrogen (secondary N) is 1. The van der Waals surface area contributed by atoms with Crippen LogP contribution in [0.25, 0.3) is 11.0 Å². The molecule has 0 saturated carbocycles. The minimum Gasteiger partial charge on any atom is -0.356 e. The van der Waals surface area contributed by atoms with Crippen molar-refractivity contribution < 1.29 is 8.42 Å². The number of H-pyrrole nitrogens is 1. The van der Waals surface area contributed by atoms with Crippen LogP contribution in [0.3, 0.4) is 0 Å². The lowest BCUT2D eigenvalue weighted by atomic mass is 9.78. The lowest BCUT2D eigenvalue weighted by Crippen LogP contribution is -2.43. The van der Waals surface area contributed by atoms with Crippen molar-refractivity contribution in [2.24, 2.45) is 10.6 Å². The summed E-state index contributed by atoms with van der Waals surface area (Å²) in [5, 5.41) is 6.30. The first-order chi connectivity index (χ1) is 11.0. The van der Waals surface area contributed by atoms with Crippen LogP contribution in [-0.4, -0.2) is 53.9 Å². The van der Waals surface area contributed by atoms with Crippen molar-refractivity contribution in [2.75, 3.05) is 31.1 Å². The number of aromatic nitrogens is 3. The molecule has 0 amide bonds. The third-order valence-electron chi connectivity index (χ3n) is 5.22. The van der Waals surface area contributed by atoms with Crippen LogP contribution in [0.5, 0.6) is 0 Å². The van der Waals surface area contributed by atoms with Gasteiger partial charge in [-0.1, -0.05) is 0 Å². The van der Waals surface area contributed by atoms with Gasteiger partial charge in [0, 0.05) is 32.4 Å². The molecule has 2 fully saturated rings. The second-order valence-electron chi connectivity index (χ2n) is 6.55. The SMILES string of the molecule is Cl.NS(=O)(=O)N1CCC2(CCN(c3ncnc4[nH]ccc34)CC2)C1. The van der Waals surface area contributed by atoms with Crippen LogP contribution in [0.15, 0.2) is 18.6 Å². The molecular weight excluding hydrogens is 352 g/mol. The summed E-state index contributed by atoms with van der Waals surface area (Å²) in [4.78, 5) is 14.0. The molecule has 4 heterocycles. The first-order valence-electron chi connectivity index (χ1n) is 7.78. The highest BCUT2D eigenvalue weighted by molar-refractivity contribution is 7.86. The second-order valence-corrected chi connectivity index (χ2v) is 8.10. The van der Waals surface area contributed by atoms with E-state index in [2.05, 4.69) is 19.9 Å². The highest BCUT2D eigenvalue weighted by atomic mass is 35.5. The summed E-state index contributed by atoms with van der Waals surface area (Å²) in [6, 6.07) is 1.99. The molecule has 0 aliphatic carbocycles. The average Bonchev–Trinajstić information content (AvgIpc) is 3.14. The number of hydrogen-bond donors (Lipinski definition) is 2. The van der Waals surface area contributed by atoms with Crippen molar-refractivity contribution in [2.45, 2.75) is 19.3 Å². The summed E-state index contributed by atoms with van der Waals surface area (Å²) in [5.41, 5.74) is 0.907. The van der Waals surface area contributed by atoms with Gasteiger partial charge in [0.15, 0.2) is 0 Å². The summed E-state index contributed by atoms with van der Waals surface area (Å²) in [7, 11) is -3.57. The molecule has 0 aromatic carbocycles. The lowest BCUT2D eigenvalue weighted by Gasteiger charge is -2.39. The monoisotopic (exact) mass is 372 g/mol.